The fourth-order valence-corrected chi connectivity index (χ4v) is 4.50. The first-order valence-electron chi connectivity index (χ1n) is 10.5. The molecule has 4 rings (SSSR count). The number of benzene rings is 2. The van der Waals surface area contributed by atoms with Gasteiger partial charge in [0, 0.05) is 17.4 Å². The maximum Gasteiger partial charge on any atom is 0.335 e. The maximum absolute atomic E-state index is 13.2. The van der Waals surface area contributed by atoms with Crippen LogP contribution < -0.4 is 9.47 Å². The molecule has 0 radical (unpaired) electrons. The van der Waals surface area contributed by atoms with Gasteiger partial charge in [-0.25, -0.2) is 9.80 Å². The Morgan fingerprint density at radius 1 is 1.03 bits per heavy atom. The molecule has 0 bridgehead atoms. The predicted octanol–water partition coefficient (Wildman–Crippen LogP) is 3.95. The zero-order chi connectivity index (χ0) is 22.0. The number of rotatable bonds is 6. The lowest BCUT2D eigenvalue weighted by Gasteiger charge is -2.38. The summed E-state index contributed by atoms with van der Waals surface area (Å²) in [4.78, 5) is 24.3. The Labute approximate surface area is 181 Å². The summed E-state index contributed by atoms with van der Waals surface area (Å²) >= 11 is 0. The van der Waals surface area contributed by atoms with Crippen LogP contribution in [0.4, 0.5) is 0 Å². The van der Waals surface area contributed by atoms with E-state index < -0.39 is 5.97 Å². The summed E-state index contributed by atoms with van der Waals surface area (Å²) in [6.07, 6.45) is 3.90. The topological polar surface area (TPSA) is 88.4 Å². The number of carboxylic acids is 1. The number of carbonyl (C=O) groups excluding carboxylic acids is 1. The van der Waals surface area contributed by atoms with Gasteiger partial charge in [-0.2, -0.15) is 5.10 Å². The highest BCUT2D eigenvalue weighted by Crippen LogP contribution is 2.39. The van der Waals surface area contributed by atoms with E-state index in [1.54, 1.807) is 38.5 Å². The van der Waals surface area contributed by atoms with Gasteiger partial charge < -0.3 is 14.6 Å². The zero-order valence-electron chi connectivity index (χ0n) is 17.7. The van der Waals surface area contributed by atoms with E-state index in [0.717, 1.165) is 42.5 Å². The smallest absolute Gasteiger partial charge is 0.335 e. The number of ether oxygens (including phenoxy) is 2. The summed E-state index contributed by atoms with van der Waals surface area (Å²) in [5.74, 6) is 0.338. The summed E-state index contributed by atoms with van der Waals surface area (Å²) in [7, 11) is 3.20. The molecule has 0 spiro atoms. The van der Waals surface area contributed by atoms with E-state index >= 15 is 0 Å². The van der Waals surface area contributed by atoms with Crippen LogP contribution in [0.15, 0.2) is 47.6 Å². The average molecular weight is 422 g/mol. The molecule has 1 fully saturated rings. The van der Waals surface area contributed by atoms with E-state index in [0.29, 0.717) is 18.0 Å². The lowest BCUT2D eigenvalue weighted by atomic mass is 9.73. The average Bonchev–Trinajstić information content (AvgIpc) is 2.80. The largest absolute Gasteiger partial charge is 0.493 e. The first kappa shape index (κ1) is 20.9. The molecule has 7 nitrogen and oxygen atoms in total. The van der Waals surface area contributed by atoms with Crippen LogP contribution in [-0.4, -0.2) is 41.9 Å². The van der Waals surface area contributed by atoms with E-state index in [4.69, 9.17) is 19.7 Å². The van der Waals surface area contributed by atoms with Gasteiger partial charge in [-0.05, 0) is 48.7 Å². The molecule has 1 heterocycles. The minimum absolute atomic E-state index is 0.0382. The fraction of sp³-hybridized carbons (Fsp3) is 0.375. The highest BCUT2D eigenvalue weighted by molar-refractivity contribution is 6.07. The first-order chi connectivity index (χ1) is 15.0. The molecule has 31 heavy (non-hydrogen) atoms. The van der Waals surface area contributed by atoms with Gasteiger partial charge in [0.15, 0.2) is 11.5 Å². The SMILES string of the molecule is COc1ccc(C2=NN(Cc3ccc(C(=O)O)cc3)C(=O)[C@@H]3CCCC[C@H]23)cc1OC. The summed E-state index contributed by atoms with van der Waals surface area (Å²) in [6.45, 7) is 0.304. The zero-order valence-corrected chi connectivity index (χ0v) is 17.7. The number of hydrazone groups is 1. The van der Waals surface area contributed by atoms with E-state index in [2.05, 4.69) is 0 Å². The Morgan fingerprint density at radius 3 is 2.35 bits per heavy atom. The normalized spacial score (nSPS) is 20.6. The van der Waals surface area contributed by atoms with Crippen molar-refractivity contribution in [2.75, 3.05) is 14.2 Å². The van der Waals surface area contributed by atoms with Crippen molar-refractivity contribution in [1.82, 2.24) is 5.01 Å². The molecule has 7 heteroatoms. The molecular weight excluding hydrogens is 396 g/mol. The van der Waals surface area contributed by atoms with Crippen LogP contribution in [0.25, 0.3) is 0 Å². The van der Waals surface area contributed by atoms with Crippen LogP contribution in [0, 0.1) is 11.8 Å². The fourth-order valence-electron chi connectivity index (χ4n) is 4.50. The molecule has 2 aliphatic rings. The van der Waals surface area contributed by atoms with Gasteiger partial charge in [0.1, 0.15) is 0 Å². The second-order valence-corrected chi connectivity index (χ2v) is 7.95. The molecule has 1 aliphatic carbocycles. The molecule has 1 aliphatic heterocycles. The Bertz CT molecular complexity index is 1020. The summed E-state index contributed by atoms with van der Waals surface area (Å²) in [6, 6.07) is 12.3. The number of fused-ring (bicyclic) bond motifs is 1. The third-order valence-corrected chi connectivity index (χ3v) is 6.13. The number of nitrogens with zero attached hydrogens (tertiary/aromatic N) is 2. The summed E-state index contributed by atoms with van der Waals surface area (Å²) < 4.78 is 10.8. The summed E-state index contributed by atoms with van der Waals surface area (Å²) in [5, 5.41) is 15.4. The van der Waals surface area contributed by atoms with Gasteiger partial charge in [0.05, 0.1) is 32.0 Å². The number of amides is 1. The van der Waals surface area contributed by atoms with Crippen LogP contribution in [0.2, 0.25) is 0 Å². The van der Waals surface area contributed by atoms with E-state index in [-0.39, 0.29) is 23.3 Å². The Balaban J connectivity index is 1.69. The van der Waals surface area contributed by atoms with Crippen molar-refractivity contribution in [3.05, 3.63) is 59.2 Å². The molecule has 0 unspecified atom stereocenters. The number of carbonyl (C=O) groups is 2. The molecule has 2 aromatic rings. The molecule has 0 aromatic heterocycles. The van der Waals surface area contributed by atoms with Crippen molar-refractivity contribution in [2.45, 2.75) is 32.2 Å². The van der Waals surface area contributed by atoms with Crippen LogP contribution in [-0.2, 0) is 11.3 Å². The van der Waals surface area contributed by atoms with Crippen LogP contribution in [0.3, 0.4) is 0 Å². The van der Waals surface area contributed by atoms with Crippen LogP contribution in [0.1, 0.15) is 47.2 Å². The van der Waals surface area contributed by atoms with E-state index in [9.17, 15) is 9.59 Å². The van der Waals surface area contributed by atoms with E-state index in [1.165, 1.54) is 5.01 Å². The molecule has 2 atom stereocenters. The highest BCUT2D eigenvalue weighted by Gasteiger charge is 2.41. The second kappa shape index (κ2) is 8.79. The maximum atomic E-state index is 13.2. The predicted molar refractivity (Wildman–Crippen MR) is 115 cm³/mol. The lowest BCUT2D eigenvalue weighted by molar-refractivity contribution is -0.139. The highest BCUT2D eigenvalue weighted by atomic mass is 16.5. The van der Waals surface area contributed by atoms with Gasteiger partial charge in [-0.15, -0.1) is 0 Å². The summed E-state index contributed by atoms with van der Waals surface area (Å²) in [5.41, 5.74) is 2.87. The monoisotopic (exact) mass is 422 g/mol. The van der Waals surface area contributed by atoms with Crippen molar-refractivity contribution in [3.63, 3.8) is 0 Å². The number of carboxylic acid groups (broad SMARTS) is 1. The number of hydrogen-bond acceptors (Lipinski definition) is 5. The minimum atomic E-state index is -0.973. The third-order valence-electron chi connectivity index (χ3n) is 6.13. The molecule has 2 aromatic carbocycles. The van der Waals surface area contributed by atoms with Gasteiger partial charge >= 0.3 is 5.97 Å². The Hall–Kier alpha value is -3.35. The molecule has 162 valence electrons. The molecule has 1 amide bonds. The Morgan fingerprint density at radius 2 is 1.71 bits per heavy atom. The van der Waals surface area contributed by atoms with Crippen molar-refractivity contribution in [2.24, 2.45) is 16.9 Å². The molecular formula is C24H26N2O5. The van der Waals surface area contributed by atoms with Crippen molar-refractivity contribution in [3.8, 4) is 11.5 Å². The molecule has 1 saturated carbocycles. The first-order valence-corrected chi connectivity index (χ1v) is 10.5. The van der Waals surface area contributed by atoms with Crippen molar-refractivity contribution >= 4 is 17.6 Å². The number of aromatic carboxylic acids is 1. The number of methoxy groups -OCH3 is 2. The van der Waals surface area contributed by atoms with Gasteiger partial charge in [0.2, 0.25) is 5.91 Å². The molecule has 0 saturated heterocycles. The van der Waals surface area contributed by atoms with Crippen LogP contribution in [0.5, 0.6) is 11.5 Å². The van der Waals surface area contributed by atoms with Crippen molar-refractivity contribution < 1.29 is 24.2 Å². The van der Waals surface area contributed by atoms with E-state index in [1.807, 2.05) is 18.2 Å². The molecule has 1 N–H and O–H groups in total. The number of hydrogen-bond donors (Lipinski definition) is 1. The van der Waals surface area contributed by atoms with Gasteiger partial charge in [-0.1, -0.05) is 25.0 Å². The minimum Gasteiger partial charge on any atom is -0.493 e. The standard InChI is InChI=1S/C24H26N2O5/c1-30-20-12-11-17(13-21(20)31-2)22-18-5-3-4-6-19(18)23(27)26(25-22)14-15-7-9-16(10-8-15)24(28)29/h7-13,18-19H,3-6,14H2,1-2H3,(H,28,29)/t18-,19+/m0/s1. The van der Waals surface area contributed by atoms with Crippen molar-refractivity contribution in [1.29, 1.82) is 0 Å². The third kappa shape index (κ3) is 4.13. The van der Waals surface area contributed by atoms with Crippen LogP contribution >= 0.6 is 0 Å². The van der Waals surface area contributed by atoms with Gasteiger partial charge in [-0.3, -0.25) is 4.79 Å². The lowest BCUT2D eigenvalue weighted by Crippen LogP contribution is -2.45. The van der Waals surface area contributed by atoms with Gasteiger partial charge in [0.25, 0.3) is 0 Å². The Kier molecular flexibility index (Phi) is 5.93. The quantitative estimate of drug-likeness (QED) is 0.761. The second-order valence-electron chi connectivity index (χ2n) is 7.95.